The van der Waals surface area contributed by atoms with Crippen molar-refractivity contribution in [2.75, 3.05) is 14.2 Å². The van der Waals surface area contributed by atoms with Crippen LogP contribution < -0.4 is 14.8 Å². The first kappa shape index (κ1) is 18.0. The SMILES string of the molecule is COc1cc2c(cc1OC)C(NC(=O)c1cccc(-n3nnnc3C)c1)CC2. The summed E-state index contributed by atoms with van der Waals surface area (Å²) in [4.78, 5) is 12.9. The molecule has 0 radical (unpaired) electrons. The summed E-state index contributed by atoms with van der Waals surface area (Å²) < 4.78 is 12.4. The highest BCUT2D eigenvalue weighted by atomic mass is 16.5. The lowest BCUT2D eigenvalue weighted by Crippen LogP contribution is -2.27. The molecule has 0 saturated carbocycles. The van der Waals surface area contributed by atoms with Crippen molar-refractivity contribution >= 4 is 5.91 Å². The monoisotopic (exact) mass is 379 g/mol. The highest BCUT2D eigenvalue weighted by Gasteiger charge is 2.26. The summed E-state index contributed by atoms with van der Waals surface area (Å²) in [6.45, 7) is 1.81. The number of ether oxygens (including phenoxy) is 2. The zero-order chi connectivity index (χ0) is 19.7. The summed E-state index contributed by atoms with van der Waals surface area (Å²) in [7, 11) is 3.23. The highest BCUT2D eigenvalue weighted by molar-refractivity contribution is 5.95. The summed E-state index contributed by atoms with van der Waals surface area (Å²) in [6, 6.07) is 11.1. The van der Waals surface area contributed by atoms with Crippen LogP contribution in [0, 0.1) is 6.92 Å². The van der Waals surface area contributed by atoms with Gasteiger partial charge >= 0.3 is 0 Å². The molecule has 1 atom stereocenters. The molecule has 144 valence electrons. The minimum atomic E-state index is -0.139. The van der Waals surface area contributed by atoms with Gasteiger partial charge in [-0.1, -0.05) is 6.07 Å². The van der Waals surface area contributed by atoms with Crippen molar-refractivity contribution in [2.45, 2.75) is 25.8 Å². The van der Waals surface area contributed by atoms with Gasteiger partial charge in [-0.3, -0.25) is 4.79 Å². The van der Waals surface area contributed by atoms with E-state index in [4.69, 9.17) is 9.47 Å². The van der Waals surface area contributed by atoms with E-state index in [1.54, 1.807) is 31.0 Å². The van der Waals surface area contributed by atoms with Gasteiger partial charge in [0.1, 0.15) is 0 Å². The zero-order valence-corrected chi connectivity index (χ0v) is 16.0. The van der Waals surface area contributed by atoms with Gasteiger partial charge in [-0.15, -0.1) is 5.10 Å². The van der Waals surface area contributed by atoms with Crippen LogP contribution >= 0.6 is 0 Å². The van der Waals surface area contributed by atoms with E-state index in [0.29, 0.717) is 22.9 Å². The van der Waals surface area contributed by atoms with E-state index in [9.17, 15) is 4.79 Å². The van der Waals surface area contributed by atoms with Crippen molar-refractivity contribution in [3.8, 4) is 17.2 Å². The molecule has 0 bridgehead atoms. The average molecular weight is 379 g/mol. The van der Waals surface area contributed by atoms with Gasteiger partial charge in [-0.05, 0) is 71.7 Å². The first-order chi connectivity index (χ1) is 13.6. The number of fused-ring (bicyclic) bond motifs is 1. The standard InChI is InChI=1S/C20H21N5O3/c1-12-22-23-24-25(12)15-6-4-5-14(9-15)20(26)21-17-8-7-13-10-18(27-2)19(28-3)11-16(13)17/h4-6,9-11,17H,7-8H2,1-3H3,(H,21,26). The van der Waals surface area contributed by atoms with Crippen LogP contribution in [0.25, 0.3) is 5.69 Å². The third-order valence-electron chi connectivity index (χ3n) is 5.01. The molecule has 1 unspecified atom stereocenters. The molecule has 28 heavy (non-hydrogen) atoms. The number of hydrogen-bond donors (Lipinski definition) is 1. The first-order valence-electron chi connectivity index (χ1n) is 9.01. The van der Waals surface area contributed by atoms with Crippen molar-refractivity contribution in [1.29, 1.82) is 0 Å². The molecule has 4 rings (SSSR count). The van der Waals surface area contributed by atoms with Crippen molar-refractivity contribution in [3.05, 3.63) is 58.9 Å². The fourth-order valence-electron chi connectivity index (χ4n) is 3.57. The molecule has 0 aliphatic heterocycles. The predicted molar refractivity (Wildman–Crippen MR) is 102 cm³/mol. The second kappa shape index (κ2) is 7.30. The number of methoxy groups -OCH3 is 2. The quantitative estimate of drug-likeness (QED) is 0.732. The van der Waals surface area contributed by atoms with Gasteiger partial charge in [0, 0.05) is 5.56 Å². The maximum Gasteiger partial charge on any atom is 0.251 e. The Bertz CT molecular complexity index is 1030. The molecule has 1 heterocycles. The van der Waals surface area contributed by atoms with Gasteiger partial charge in [0.15, 0.2) is 17.3 Å². The van der Waals surface area contributed by atoms with E-state index in [1.165, 1.54) is 5.56 Å². The molecule has 2 aromatic carbocycles. The lowest BCUT2D eigenvalue weighted by Gasteiger charge is -2.16. The second-order valence-corrected chi connectivity index (χ2v) is 6.66. The Labute approximate surface area is 162 Å². The molecule has 1 amide bonds. The number of nitrogens with zero attached hydrogens (tertiary/aromatic N) is 4. The molecule has 0 fully saturated rings. The summed E-state index contributed by atoms with van der Waals surface area (Å²) in [5.41, 5.74) is 3.54. The van der Waals surface area contributed by atoms with Crippen LogP contribution in [0.15, 0.2) is 36.4 Å². The molecule has 1 aliphatic rings. The molecule has 3 aromatic rings. The summed E-state index contributed by atoms with van der Waals surface area (Å²) in [5.74, 6) is 1.89. The number of benzene rings is 2. The summed E-state index contributed by atoms with van der Waals surface area (Å²) in [5, 5.41) is 14.6. The molecule has 1 aromatic heterocycles. The van der Waals surface area contributed by atoms with E-state index in [0.717, 1.165) is 24.1 Å². The predicted octanol–water partition coefficient (Wildman–Crippen LogP) is 2.41. The number of aryl methyl sites for hydroxylation is 2. The van der Waals surface area contributed by atoms with E-state index in [-0.39, 0.29) is 11.9 Å². The third-order valence-corrected chi connectivity index (χ3v) is 5.01. The van der Waals surface area contributed by atoms with E-state index in [2.05, 4.69) is 20.8 Å². The van der Waals surface area contributed by atoms with Gasteiger partial charge in [0.25, 0.3) is 5.91 Å². The lowest BCUT2D eigenvalue weighted by molar-refractivity contribution is 0.0936. The van der Waals surface area contributed by atoms with Crippen LogP contribution in [0.4, 0.5) is 0 Å². The van der Waals surface area contributed by atoms with E-state index in [1.807, 2.05) is 31.2 Å². The number of tetrazole rings is 1. The number of carbonyl (C=O) groups excluding carboxylic acids is 1. The topological polar surface area (TPSA) is 91.2 Å². The lowest BCUT2D eigenvalue weighted by atomic mass is 10.1. The Morgan fingerprint density at radius 2 is 1.96 bits per heavy atom. The van der Waals surface area contributed by atoms with Crippen molar-refractivity contribution in [1.82, 2.24) is 25.5 Å². The van der Waals surface area contributed by atoms with E-state index >= 15 is 0 Å². The number of carbonyl (C=O) groups is 1. The molecular formula is C20H21N5O3. The van der Waals surface area contributed by atoms with Crippen LogP contribution in [0.1, 0.15) is 39.8 Å². The second-order valence-electron chi connectivity index (χ2n) is 6.66. The van der Waals surface area contributed by atoms with Crippen LogP contribution in [0.3, 0.4) is 0 Å². The van der Waals surface area contributed by atoms with Crippen LogP contribution in [-0.2, 0) is 6.42 Å². The first-order valence-corrected chi connectivity index (χ1v) is 9.01. The van der Waals surface area contributed by atoms with Gasteiger partial charge in [-0.2, -0.15) is 4.68 Å². The minimum absolute atomic E-state index is 0.0688. The molecule has 8 nitrogen and oxygen atoms in total. The normalized spacial score (nSPS) is 15.2. The number of nitrogens with one attached hydrogen (secondary N) is 1. The Morgan fingerprint density at radius 1 is 1.18 bits per heavy atom. The molecule has 8 heteroatoms. The van der Waals surface area contributed by atoms with Crippen molar-refractivity contribution in [3.63, 3.8) is 0 Å². The minimum Gasteiger partial charge on any atom is -0.493 e. The van der Waals surface area contributed by atoms with Gasteiger partial charge < -0.3 is 14.8 Å². The van der Waals surface area contributed by atoms with Crippen molar-refractivity contribution < 1.29 is 14.3 Å². The summed E-state index contributed by atoms with van der Waals surface area (Å²) in [6.07, 6.45) is 1.72. The number of aromatic nitrogens is 4. The third kappa shape index (κ3) is 3.17. The van der Waals surface area contributed by atoms with Crippen molar-refractivity contribution in [2.24, 2.45) is 0 Å². The van der Waals surface area contributed by atoms with Gasteiger partial charge in [0.05, 0.1) is 25.9 Å². The molecular weight excluding hydrogens is 358 g/mol. The van der Waals surface area contributed by atoms with E-state index < -0.39 is 0 Å². The maximum absolute atomic E-state index is 12.9. The molecule has 1 N–H and O–H groups in total. The fourth-order valence-corrected chi connectivity index (χ4v) is 3.57. The number of rotatable bonds is 5. The number of amides is 1. The van der Waals surface area contributed by atoms with Gasteiger partial charge in [-0.25, -0.2) is 0 Å². The largest absolute Gasteiger partial charge is 0.493 e. The molecule has 0 spiro atoms. The van der Waals surface area contributed by atoms with Crippen LogP contribution in [-0.4, -0.2) is 40.3 Å². The maximum atomic E-state index is 12.9. The smallest absolute Gasteiger partial charge is 0.251 e. The molecule has 0 saturated heterocycles. The molecule has 1 aliphatic carbocycles. The number of hydrogen-bond acceptors (Lipinski definition) is 6. The summed E-state index contributed by atoms with van der Waals surface area (Å²) >= 11 is 0. The van der Waals surface area contributed by atoms with Crippen LogP contribution in [0.2, 0.25) is 0 Å². The van der Waals surface area contributed by atoms with Crippen LogP contribution in [0.5, 0.6) is 11.5 Å². The zero-order valence-electron chi connectivity index (χ0n) is 16.0. The Hall–Kier alpha value is -3.42. The fraction of sp³-hybridized carbons (Fsp3) is 0.300. The Kier molecular flexibility index (Phi) is 4.68. The van der Waals surface area contributed by atoms with Gasteiger partial charge in [0.2, 0.25) is 0 Å². The average Bonchev–Trinajstić information content (AvgIpc) is 3.32. The Balaban J connectivity index is 1.57. The Morgan fingerprint density at radius 3 is 2.68 bits per heavy atom. The highest BCUT2D eigenvalue weighted by Crippen LogP contribution is 2.39.